The Morgan fingerprint density at radius 3 is 2.74 bits per heavy atom. The summed E-state index contributed by atoms with van der Waals surface area (Å²) in [7, 11) is 0. The Kier molecular flexibility index (Phi) is 8.00. The fourth-order valence-corrected chi connectivity index (χ4v) is 4.59. The molecule has 1 heterocycles. The third kappa shape index (κ3) is 6.03. The lowest BCUT2D eigenvalue weighted by molar-refractivity contribution is -0.116. The molecule has 2 aromatic rings. The van der Waals surface area contributed by atoms with Gasteiger partial charge in [-0.3, -0.25) is 9.78 Å². The number of halogens is 1. The van der Waals surface area contributed by atoms with Crippen molar-refractivity contribution >= 4 is 5.91 Å². The molecule has 1 N–H and O–H groups in total. The topological polar surface area (TPSA) is 42.0 Å². The number of carbonyl (C=O) groups excluding carboxylic acids is 1. The second kappa shape index (κ2) is 10.7. The smallest absolute Gasteiger partial charge is 0.243 e. The van der Waals surface area contributed by atoms with Crippen molar-refractivity contribution in [2.45, 2.75) is 70.6 Å². The zero-order valence-corrected chi connectivity index (χ0v) is 18.9. The highest BCUT2D eigenvalue weighted by molar-refractivity contribution is 5.87. The molecule has 1 aliphatic rings. The molecule has 1 saturated carbocycles. The van der Waals surface area contributed by atoms with Crippen LogP contribution in [0.1, 0.15) is 69.9 Å². The van der Waals surface area contributed by atoms with Crippen molar-refractivity contribution in [3.05, 3.63) is 77.9 Å². The van der Waals surface area contributed by atoms with E-state index in [0.29, 0.717) is 6.54 Å². The van der Waals surface area contributed by atoms with Crippen LogP contribution in [-0.2, 0) is 16.6 Å². The zero-order chi connectivity index (χ0) is 22.2. The number of pyridine rings is 1. The predicted molar refractivity (Wildman–Crippen MR) is 124 cm³/mol. The van der Waals surface area contributed by atoms with Crippen LogP contribution < -0.4 is 5.32 Å². The summed E-state index contributed by atoms with van der Waals surface area (Å²) >= 11 is 0. The van der Waals surface area contributed by atoms with Crippen molar-refractivity contribution in [1.29, 1.82) is 0 Å². The molecule has 1 aromatic heterocycles. The Morgan fingerprint density at radius 1 is 1.23 bits per heavy atom. The third-order valence-electron chi connectivity index (χ3n) is 6.85. The minimum atomic E-state index is -0.191. The second-order valence-corrected chi connectivity index (χ2v) is 9.04. The van der Waals surface area contributed by atoms with Gasteiger partial charge < -0.3 is 5.32 Å². The van der Waals surface area contributed by atoms with E-state index in [1.807, 2.05) is 18.3 Å². The maximum absolute atomic E-state index is 14.0. The summed E-state index contributed by atoms with van der Waals surface area (Å²) in [6, 6.07) is 11.0. The first kappa shape index (κ1) is 23.2. The lowest BCUT2D eigenvalue weighted by Gasteiger charge is -2.38. The zero-order valence-electron chi connectivity index (χ0n) is 18.9. The Morgan fingerprint density at radius 2 is 2.06 bits per heavy atom. The molecule has 1 amide bonds. The molecule has 0 radical (unpaired) electrons. The van der Waals surface area contributed by atoms with Gasteiger partial charge in [-0.05, 0) is 79.3 Å². The standard InChI is InChI=1S/C27H35FN2O/c1-3-4-14-26(2,23-11-7-12-24(28)20-23)27(16-17-27)15-13-25(31)30-19-6-5-9-22-10-8-18-29-21-22/h7-8,10-13,15,18,20-21H,3-6,9,14,16-17,19H2,1-2H3,(H,30,31)/t26-/m1/s1. The number of hydrogen-bond acceptors (Lipinski definition) is 2. The molecule has 1 aliphatic carbocycles. The van der Waals surface area contributed by atoms with Gasteiger partial charge in [0, 0.05) is 24.4 Å². The number of nitrogens with one attached hydrogen (secondary N) is 1. The van der Waals surface area contributed by atoms with E-state index in [-0.39, 0.29) is 22.6 Å². The average molecular weight is 423 g/mol. The molecule has 0 saturated heterocycles. The number of nitrogens with zero attached hydrogens (tertiary/aromatic N) is 1. The summed E-state index contributed by atoms with van der Waals surface area (Å²) in [5, 5.41) is 3.01. The highest BCUT2D eigenvalue weighted by Gasteiger charge is 2.55. The minimum absolute atomic E-state index is 0.0373. The summed E-state index contributed by atoms with van der Waals surface area (Å²) < 4.78 is 14.0. The molecular formula is C27H35FN2O. The normalized spacial score (nSPS) is 16.7. The van der Waals surface area contributed by atoms with Crippen LogP contribution in [0, 0.1) is 11.2 Å². The number of hydrogen-bond donors (Lipinski definition) is 1. The number of unbranched alkanes of at least 4 members (excludes halogenated alkanes) is 2. The van der Waals surface area contributed by atoms with E-state index in [9.17, 15) is 9.18 Å². The highest BCUT2D eigenvalue weighted by atomic mass is 19.1. The number of aryl methyl sites for hydroxylation is 1. The second-order valence-electron chi connectivity index (χ2n) is 9.04. The van der Waals surface area contributed by atoms with Crippen molar-refractivity contribution in [3.63, 3.8) is 0 Å². The molecule has 3 nitrogen and oxygen atoms in total. The first-order valence-corrected chi connectivity index (χ1v) is 11.6. The van der Waals surface area contributed by atoms with Crippen LogP contribution in [0.4, 0.5) is 4.39 Å². The van der Waals surface area contributed by atoms with Gasteiger partial charge in [-0.25, -0.2) is 4.39 Å². The van der Waals surface area contributed by atoms with E-state index in [1.54, 1.807) is 24.4 Å². The van der Waals surface area contributed by atoms with Gasteiger partial charge in [0.05, 0.1) is 0 Å². The fourth-order valence-electron chi connectivity index (χ4n) is 4.59. The molecule has 166 valence electrons. The van der Waals surface area contributed by atoms with E-state index >= 15 is 0 Å². The molecule has 31 heavy (non-hydrogen) atoms. The molecular weight excluding hydrogens is 387 g/mol. The Hall–Kier alpha value is -2.49. The van der Waals surface area contributed by atoms with Crippen LogP contribution in [-0.4, -0.2) is 17.4 Å². The quantitative estimate of drug-likeness (QED) is 0.329. The molecule has 1 aromatic carbocycles. The van der Waals surface area contributed by atoms with Crippen molar-refractivity contribution in [3.8, 4) is 0 Å². The first-order valence-electron chi connectivity index (χ1n) is 11.6. The molecule has 0 aliphatic heterocycles. The number of carbonyl (C=O) groups is 1. The van der Waals surface area contributed by atoms with Gasteiger partial charge >= 0.3 is 0 Å². The van der Waals surface area contributed by atoms with Gasteiger partial charge in [-0.2, -0.15) is 0 Å². The lowest BCUT2D eigenvalue weighted by Crippen LogP contribution is -2.33. The lowest BCUT2D eigenvalue weighted by atomic mass is 9.66. The van der Waals surface area contributed by atoms with E-state index in [4.69, 9.17) is 0 Å². The monoisotopic (exact) mass is 422 g/mol. The Balaban J connectivity index is 1.55. The largest absolute Gasteiger partial charge is 0.353 e. The predicted octanol–water partition coefficient (Wildman–Crippen LogP) is 6.14. The van der Waals surface area contributed by atoms with Gasteiger partial charge in [0.1, 0.15) is 5.82 Å². The van der Waals surface area contributed by atoms with E-state index in [2.05, 4.69) is 36.3 Å². The average Bonchev–Trinajstić information content (AvgIpc) is 3.58. The van der Waals surface area contributed by atoms with Crippen molar-refractivity contribution < 1.29 is 9.18 Å². The summed E-state index contributed by atoms with van der Waals surface area (Å²) in [5.41, 5.74) is 2.05. The number of rotatable bonds is 12. The van der Waals surface area contributed by atoms with Crippen molar-refractivity contribution in [2.75, 3.05) is 6.54 Å². The third-order valence-corrected chi connectivity index (χ3v) is 6.85. The van der Waals surface area contributed by atoms with Crippen molar-refractivity contribution in [1.82, 2.24) is 10.3 Å². The van der Waals surface area contributed by atoms with Crippen molar-refractivity contribution in [2.24, 2.45) is 5.41 Å². The summed E-state index contributed by atoms with van der Waals surface area (Å²) in [5.74, 6) is -0.228. The van der Waals surface area contributed by atoms with Crippen LogP contribution in [0.5, 0.6) is 0 Å². The fraction of sp³-hybridized carbons (Fsp3) is 0.481. The van der Waals surface area contributed by atoms with E-state index < -0.39 is 0 Å². The number of aromatic nitrogens is 1. The first-order chi connectivity index (χ1) is 15.0. The van der Waals surface area contributed by atoms with E-state index in [0.717, 1.165) is 56.9 Å². The Bertz CT molecular complexity index is 876. The minimum Gasteiger partial charge on any atom is -0.353 e. The van der Waals surface area contributed by atoms with Gasteiger partial charge in [0.15, 0.2) is 0 Å². The molecule has 0 spiro atoms. The molecule has 0 bridgehead atoms. The number of amides is 1. The van der Waals surface area contributed by atoms with Gasteiger partial charge in [0.25, 0.3) is 0 Å². The maximum atomic E-state index is 14.0. The molecule has 0 unspecified atom stereocenters. The Labute approximate surface area is 186 Å². The van der Waals surface area contributed by atoms with Gasteiger partial charge in [-0.15, -0.1) is 0 Å². The summed E-state index contributed by atoms with van der Waals surface area (Å²) in [4.78, 5) is 16.5. The van der Waals surface area contributed by atoms with Crippen LogP contribution in [0.3, 0.4) is 0 Å². The summed E-state index contributed by atoms with van der Waals surface area (Å²) in [6.45, 7) is 5.10. The summed E-state index contributed by atoms with van der Waals surface area (Å²) in [6.07, 6.45) is 15.7. The van der Waals surface area contributed by atoms with Crippen LogP contribution >= 0.6 is 0 Å². The van der Waals surface area contributed by atoms with Crippen LogP contribution in [0.15, 0.2) is 60.9 Å². The maximum Gasteiger partial charge on any atom is 0.243 e. The van der Waals surface area contributed by atoms with Crippen LogP contribution in [0.25, 0.3) is 0 Å². The molecule has 4 heteroatoms. The number of allylic oxidation sites excluding steroid dienone is 1. The van der Waals surface area contributed by atoms with Crippen LogP contribution in [0.2, 0.25) is 0 Å². The highest BCUT2D eigenvalue weighted by Crippen LogP contribution is 2.62. The SMILES string of the molecule is CCCC[C@](C)(c1cccc(F)c1)C1(C=CC(=O)NCCCCc2cccnc2)CC1. The molecule has 3 rings (SSSR count). The molecule has 1 atom stereocenters. The number of benzene rings is 1. The van der Waals surface area contributed by atoms with Gasteiger partial charge in [-0.1, -0.05) is 51.0 Å². The molecule has 1 fully saturated rings. The van der Waals surface area contributed by atoms with E-state index in [1.165, 1.54) is 11.6 Å². The van der Waals surface area contributed by atoms with Gasteiger partial charge in [0.2, 0.25) is 5.91 Å².